The Morgan fingerprint density at radius 1 is 1.29 bits per heavy atom. The fraction of sp³-hybridized carbons (Fsp3) is 0.667. The van der Waals surface area contributed by atoms with Gasteiger partial charge in [0.25, 0.3) is 0 Å². The average Bonchev–Trinajstić information content (AvgIpc) is 2.70. The van der Waals surface area contributed by atoms with Crippen molar-refractivity contribution in [2.24, 2.45) is 17.8 Å². The highest BCUT2D eigenvalue weighted by Gasteiger charge is 2.54. The van der Waals surface area contributed by atoms with Gasteiger partial charge < -0.3 is 5.11 Å². The summed E-state index contributed by atoms with van der Waals surface area (Å²) < 4.78 is 0. The molecule has 2 fully saturated rings. The average molecular weight is 208 g/mol. The molecule has 3 rings (SSSR count). The predicted molar refractivity (Wildman–Crippen MR) is 58.2 cm³/mol. The molecule has 2 aliphatic carbocycles. The van der Waals surface area contributed by atoms with Crippen LogP contribution in [0.15, 0.2) is 17.5 Å². The lowest BCUT2D eigenvalue weighted by molar-refractivity contribution is 0.146. The second kappa shape index (κ2) is 3.35. The summed E-state index contributed by atoms with van der Waals surface area (Å²) >= 11 is 1.69. The smallest absolute Gasteiger partial charge is 0.0915 e. The van der Waals surface area contributed by atoms with Crippen LogP contribution in [0.2, 0.25) is 0 Å². The zero-order valence-corrected chi connectivity index (χ0v) is 9.04. The van der Waals surface area contributed by atoms with E-state index in [0.717, 1.165) is 11.8 Å². The van der Waals surface area contributed by atoms with E-state index in [9.17, 15) is 5.11 Å². The van der Waals surface area contributed by atoms with Gasteiger partial charge in [0, 0.05) is 4.88 Å². The summed E-state index contributed by atoms with van der Waals surface area (Å²) in [4.78, 5) is 1.17. The number of fused-ring (bicyclic) bond motifs is 1. The van der Waals surface area contributed by atoms with Gasteiger partial charge >= 0.3 is 0 Å². The molecule has 0 saturated heterocycles. The third kappa shape index (κ3) is 1.32. The minimum Gasteiger partial charge on any atom is -0.387 e. The van der Waals surface area contributed by atoms with Crippen molar-refractivity contribution < 1.29 is 5.11 Å². The molecule has 1 aromatic heterocycles. The van der Waals surface area contributed by atoms with Crippen LogP contribution in [0.5, 0.6) is 0 Å². The van der Waals surface area contributed by atoms with Gasteiger partial charge in [-0.3, -0.25) is 0 Å². The molecule has 2 heteroatoms. The molecule has 1 N–H and O–H groups in total. The molecule has 2 aliphatic rings. The van der Waals surface area contributed by atoms with E-state index in [-0.39, 0.29) is 6.10 Å². The SMILES string of the molecule is OC(c1cccs1)C1C2CCCCC21. The molecule has 0 bridgehead atoms. The molecule has 0 spiro atoms. The summed E-state index contributed by atoms with van der Waals surface area (Å²) in [6, 6.07) is 4.11. The summed E-state index contributed by atoms with van der Waals surface area (Å²) in [5.74, 6) is 2.29. The molecule has 14 heavy (non-hydrogen) atoms. The normalized spacial score (nSPS) is 37.6. The second-order valence-corrected chi connectivity index (χ2v) is 5.63. The predicted octanol–water partition coefficient (Wildman–Crippen LogP) is 3.22. The maximum Gasteiger partial charge on any atom is 0.0915 e. The maximum atomic E-state index is 10.2. The Morgan fingerprint density at radius 3 is 2.57 bits per heavy atom. The molecule has 1 heterocycles. The first-order valence-corrected chi connectivity index (χ1v) is 6.47. The van der Waals surface area contributed by atoms with Gasteiger partial charge in [-0.05, 0) is 42.0 Å². The molecule has 3 unspecified atom stereocenters. The molecule has 0 aromatic carbocycles. The van der Waals surface area contributed by atoms with Gasteiger partial charge in [0.05, 0.1) is 6.10 Å². The Labute approximate surface area is 88.8 Å². The second-order valence-electron chi connectivity index (χ2n) is 4.65. The highest BCUT2D eigenvalue weighted by Crippen LogP contribution is 2.60. The fourth-order valence-corrected chi connectivity index (χ4v) is 3.93. The van der Waals surface area contributed by atoms with Crippen molar-refractivity contribution in [3.63, 3.8) is 0 Å². The van der Waals surface area contributed by atoms with Crippen LogP contribution in [0, 0.1) is 17.8 Å². The monoisotopic (exact) mass is 208 g/mol. The van der Waals surface area contributed by atoms with Crippen molar-refractivity contribution in [1.82, 2.24) is 0 Å². The van der Waals surface area contributed by atoms with Gasteiger partial charge in [0.1, 0.15) is 0 Å². The van der Waals surface area contributed by atoms with Crippen LogP contribution in [-0.4, -0.2) is 5.11 Å². The van der Waals surface area contributed by atoms with E-state index in [1.165, 1.54) is 30.6 Å². The lowest BCUT2D eigenvalue weighted by atomic mass is 10.0. The van der Waals surface area contributed by atoms with Crippen molar-refractivity contribution in [3.8, 4) is 0 Å². The van der Waals surface area contributed by atoms with Gasteiger partial charge in [-0.1, -0.05) is 18.9 Å². The van der Waals surface area contributed by atoms with Gasteiger partial charge in [-0.15, -0.1) is 11.3 Å². The number of aliphatic hydroxyl groups is 1. The zero-order chi connectivity index (χ0) is 9.54. The number of rotatable bonds is 2. The lowest BCUT2D eigenvalue weighted by Crippen LogP contribution is -1.99. The first kappa shape index (κ1) is 8.93. The Morgan fingerprint density at radius 2 is 2.00 bits per heavy atom. The summed E-state index contributed by atoms with van der Waals surface area (Å²) in [7, 11) is 0. The molecule has 0 radical (unpaired) electrons. The summed E-state index contributed by atoms with van der Waals surface area (Å²) in [6.45, 7) is 0. The van der Waals surface area contributed by atoms with Crippen LogP contribution in [-0.2, 0) is 0 Å². The number of hydrogen-bond donors (Lipinski definition) is 1. The highest BCUT2D eigenvalue weighted by atomic mass is 32.1. The zero-order valence-electron chi connectivity index (χ0n) is 8.23. The van der Waals surface area contributed by atoms with Crippen molar-refractivity contribution in [2.75, 3.05) is 0 Å². The highest BCUT2D eigenvalue weighted by molar-refractivity contribution is 7.10. The minimum absolute atomic E-state index is 0.164. The van der Waals surface area contributed by atoms with Crippen molar-refractivity contribution in [1.29, 1.82) is 0 Å². The molecular formula is C12H16OS. The third-order valence-electron chi connectivity index (χ3n) is 3.92. The molecular weight excluding hydrogens is 192 g/mol. The summed E-state index contributed by atoms with van der Waals surface area (Å²) in [5, 5.41) is 12.3. The lowest BCUT2D eigenvalue weighted by Gasteiger charge is -2.06. The third-order valence-corrected chi connectivity index (χ3v) is 4.86. The van der Waals surface area contributed by atoms with Crippen LogP contribution in [0.25, 0.3) is 0 Å². The fourth-order valence-electron chi connectivity index (χ4n) is 3.17. The quantitative estimate of drug-likeness (QED) is 0.791. The topological polar surface area (TPSA) is 20.2 Å². The van der Waals surface area contributed by atoms with E-state index in [1.54, 1.807) is 11.3 Å². The largest absolute Gasteiger partial charge is 0.387 e. The van der Waals surface area contributed by atoms with Crippen LogP contribution in [0.4, 0.5) is 0 Å². The van der Waals surface area contributed by atoms with Crippen molar-refractivity contribution in [2.45, 2.75) is 31.8 Å². The Bertz CT molecular complexity index is 294. The van der Waals surface area contributed by atoms with E-state index in [1.807, 2.05) is 6.07 Å². The van der Waals surface area contributed by atoms with Crippen LogP contribution in [0.3, 0.4) is 0 Å². The van der Waals surface area contributed by atoms with E-state index in [2.05, 4.69) is 11.4 Å². The van der Waals surface area contributed by atoms with Crippen molar-refractivity contribution >= 4 is 11.3 Å². The molecule has 76 valence electrons. The van der Waals surface area contributed by atoms with Gasteiger partial charge in [0.15, 0.2) is 0 Å². The van der Waals surface area contributed by atoms with Crippen LogP contribution < -0.4 is 0 Å². The van der Waals surface area contributed by atoms with Gasteiger partial charge in [-0.25, -0.2) is 0 Å². The van der Waals surface area contributed by atoms with E-state index in [0.29, 0.717) is 5.92 Å². The number of aliphatic hydroxyl groups excluding tert-OH is 1. The first-order chi connectivity index (χ1) is 6.88. The molecule has 3 atom stereocenters. The summed E-state index contributed by atoms with van der Waals surface area (Å²) in [6.07, 6.45) is 5.32. The Kier molecular flexibility index (Phi) is 2.14. The maximum absolute atomic E-state index is 10.2. The molecule has 1 nitrogen and oxygen atoms in total. The Hall–Kier alpha value is -0.340. The van der Waals surface area contributed by atoms with E-state index < -0.39 is 0 Å². The van der Waals surface area contributed by atoms with E-state index >= 15 is 0 Å². The molecule has 2 saturated carbocycles. The number of thiophene rings is 1. The molecule has 0 aliphatic heterocycles. The van der Waals surface area contributed by atoms with Gasteiger partial charge in [0.2, 0.25) is 0 Å². The van der Waals surface area contributed by atoms with E-state index in [4.69, 9.17) is 0 Å². The number of hydrogen-bond acceptors (Lipinski definition) is 2. The van der Waals surface area contributed by atoms with Crippen LogP contribution in [0.1, 0.15) is 36.7 Å². The van der Waals surface area contributed by atoms with Crippen LogP contribution >= 0.6 is 11.3 Å². The van der Waals surface area contributed by atoms with Crippen molar-refractivity contribution in [3.05, 3.63) is 22.4 Å². The first-order valence-electron chi connectivity index (χ1n) is 5.59. The molecule has 1 aromatic rings. The standard InChI is InChI=1S/C12H16OS/c13-12(10-6-3-7-14-10)11-8-4-1-2-5-9(8)11/h3,6-9,11-13H,1-2,4-5H2. The Balaban J connectivity index is 1.72. The van der Waals surface area contributed by atoms with Gasteiger partial charge in [-0.2, -0.15) is 0 Å². The molecule has 0 amide bonds. The summed E-state index contributed by atoms with van der Waals surface area (Å²) in [5.41, 5.74) is 0. The minimum atomic E-state index is -0.164.